The Labute approximate surface area is 101 Å². The van der Waals surface area contributed by atoms with Crippen LogP contribution in [0.15, 0.2) is 30.8 Å². The van der Waals surface area contributed by atoms with Crippen molar-refractivity contribution < 1.29 is 25.8 Å². The van der Waals surface area contributed by atoms with Crippen LogP contribution in [0.25, 0.3) is 5.76 Å². The molecule has 0 amide bonds. The lowest BCUT2D eigenvalue weighted by molar-refractivity contribution is -0.0509. The van der Waals surface area contributed by atoms with E-state index in [-0.39, 0.29) is 5.56 Å². The van der Waals surface area contributed by atoms with E-state index < -0.39 is 21.4 Å². The molecule has 0 saturated heterocycles. The summed E-state index contributed by atoms with van der Waals surface area (Å²) >= 11 is 5.55. The maximum atomic E-state index is 12.0. The minimum absolute atomic E-state index is 0.0854. The molecule has 0 N–H and O–H groups in total. The molecule has 0 aliphatic carbocycles. The molecule has 0 bridgehead atoms. The molecule has 0 aromatic heterocycles. The van der Waals surface area contributed by atoms with E-state index in [4.69, 9.17) is 11.6 Å². The van der Waals surface area contributed by atoms with Gasteiger partial charge >= 0.3 is 15.6 Å². The van der Waals surface area contributed by atoms with E-state index >= 15 is 0 Å². The summed E-state index contributed by atoms with van der Waals surface area (Å²) in [5, 5.41) is 0.347. The van der Waals surface area contributed by atoms with Crippen molar-refractivity contribution in [2.75, 3.05) is 0 Å². The number of hydrogen-bond donors (Lipinski definition) is 0. The largest absolute Gasteiger partial charge is 0.534 e. The Morgan fingerprint density at radius 1 is 1.24 bits per heavy atom. The second-order valence-corrected chi connectivity index (χ2v) is 4.89. The van der Waals surface area contributed by atoms with Crippen molar-refractivity contribution in [1.29, 1.82) is 0 Å². The standard InChI is InChI=1S/C9H6ClF3O3S/c1-6(7-2-4-8(10)5-3-7)16-17(14,15)9(11,12)13/h2-5H,1H2. The van der Waals surface area contributed by atoms with Crippen molar-refractivity contribution in [3.63, 3.8) is 0 Å². The molecule has 0 aliphatic rings. The molecular formula is C9H6ClF3O3S. The Kier molecular flexibility index (Phi) is 3.73. The molecule has 0 unspecified atom stereocenters. The SMILES string of the molecule is C=C(OS(=O)(=O)C(F)(F)F)c1ccc(Cl)cc1. The van der Waals surface area contributed by atoms with Gasteiger partial charge in [-0.1, -0.05) is 18.2 Å². The molecule has 0 fully saturated rings. The number of hydrogen-bond acceptors (Lipinski definition) is 3. The maximum absolute atomic E-state index is 12.0. The Bertz CT molecular complexity index is 519. The smallest absolute Gasteiger partial charge is 0.376 e. The molecule has 1 aromatic carbocycles. The number of alkyl halides is 3. The summed E-state index contributed by atoms with van der Waals surface area (Å²) in [7, 11) is -5.69. The first-order valence-electron chi connectivity index (χ1n) is 4.09. The molecule has 94 valence electrons. The second-order valence-electron chi connectivity index (χ2n) is 2.91. The first-order chi connectivity index (χ1) is 7.63. The van der Waals surface area contributed by atoms with E-state index in [0.717, 1.165) is 0 Å². The van der Waals surface area contributed by atoms with Gasteiger partial charge in [-0.3, -0.25) is 0 Å². The van der Waals surface area contributed by atoms with Gasteiger partial charge < -0.3 is 4.18 Å². The monoisotopic (exact) mass is 286 g/mol. The van der Waals surface area contributed by atoms with Crippen molar-refractivity contribution in [3.05, 3.63) is 41.4 Å². The van der Waals surface area contributed by atoms with Crippen molar-refractivity contribution in [1.82, 2.24) is 0 Å². The minimum Gasteiger partial charge on any atom is -0.376 e. The van der Waals surface area contributed by atoms with E-state index in [2.05, 4.69) is 10.8 Å². The fourth-order valence-corrected chi connectivity index (χ4v) is 1.45. The van der Waals surface area contributed by atoms with Crippen molar-refractivity contribution >= 4 is 27.5 Å². The van der Waals surface area contributed by atoms with Crippen molar-refractivity contribution in [2.45, 2.75) is 5.51 Å². The van der Waals surface area contributed by atoms with E-state index in [1.807, 2.05) is 0 Å². The van der Waals surface area contributed by atoms with E-state index in [9.17, 15) is 21.6 Å². The highest BCUT2D eigenvalue weighted by Crippen LogP contribution is 2.29. The van der Waals surface area contributed by atoms with Gasteiger partial charge in [-0.2, -0.15) is 21.6 Å². The van der Waals surface area contributed by atoms with Crippen LogP contribution in [0.4, 0.5) is 13.2 Å². The van der Waals surface area contributed by atoms with Crippen LogP contribution in [0.3, 0.4) is 0 Å². The maximum Gasteiger partial charge on any atom is 0.534 e. The van der Waals surface area contributed by atoms with Crippen molar-refractivity contribution in [3.8, 4) is 0 Å². The molecule has 8 heteroatoms. The predicted octanol–water partition coefficient (Wildman–Crippen LogP) is 3.18. The fraction of sp³-hybridized carbons (Fsp3) is 0.111. The molecule has 0 spiro atoms. The molecule has 1 rings (SSSR count). The summed E-state index contributed by atoms with van der Waals surface area (Å²) in [6, 6.07) is 5.31. The van der Waals surface area contributed by atoms with Crippen LogP contribution >= 0.6 is 11.6 Å². The summed E-state index contributed by atoms with van der Waals surface area (Å²) < 4.78 is 61.2. The van der Waals surface area contributed by atoms with Gasteiger partial charge in [0.15, 0.2) is 0 Å². The normalized spacial score (nSPS) is 12.2. The topological polar surface area (TPSA) is 43.4 Å². The first-order valence-corrected chi connectivity index (χ1v) is 5.88. The highest BCUT2D eigenvalue weighted by molar-refractivity contribution is 7.87. The fourth-order valence-electron chi connectivity index (χ4n) is 0.864. The van der Waals surface area contributed by atoms with Crippen LogP contribution in [0.5, 0.6) is 0 Å². The molecule has 1 aromatic rings. The molecule has 3 nitrogen and oxygen atoms in total. The van der Waals surface area contributed by atoms with Crippen LogP contribution in [-0.4, -0.2) is 13.9 Å². The molecule has 0 aliphatic heterocycles. The van der Waals surface area contributed by atoms with Crippen LogP contribution in [0.1, 0.15) is 5.56 Å². The van der Waals surface area contributed by atoms with Crippen LogP contribution in [0, 0.1) is 0 Å². The highest BCUT2D eigenvalue weighted by atomic mass is 35.5. The highest BCUT2D eigenvalue weighted by Gasteiger charge is 2.48. The Balaban J connectivity index is 2.91. The zero-order chi connectivity index (χ0) is 13.3. The summed E-state index contributed by atoms with van der Waals surface area (Å²) in [5.41, 5.74) is -5.40. The van der Waals surface area contributed by atoms with Gasteiger partial charge in [0.05, 0.1) is 0 Å². The number of halogens is 4. The van der Waals surface area contributed by atoms with Crippen LogP contribution in [0.2, 0.25) is 5.02 Å². The summed E-state index contributed by atoms with van der Waals surface area (Å²) in [4.78, 5) is 0. The van der Waals surface area contributed by atoms with Crippen LogP contribution in [-0.2, 0) is 14.3 Å². The van der Waals surface area contributed by atoms with E-state index in [1.54, 1.807) is 0 Å². The third-order valence-corrected chi connectivity index (χ3v) is 2.90. The van der Waals surface area contributed by atoms with Gasteiger partial charge in [0.2, 0.25) is 0 Å². The zero-order valence-electron chi connectivity index (χ0n) is 8.16. The second kappa shape index (κ2) is 4.58. The average Bonchev–Trinajstić information content (AvgIpc) is 2.16. The zero-order valence-corrected chi connectivity index (χ0v) is 9.73. The lowest BCUT2D eigenvalue weighted by Crippen LogP contribution is -2.24. The van der Waals surface area contributed by atoms with Gasteiger partial charge in [-0.05, 0) is 24.3 Å². The van der Waals surface area contributed by atoms with Gasteiger partial charge in [0.25, 0.3) is 0 Å². The Morgan fingerprint density at radius 3 is 2.12 bits per heavy atom. The molecule has 0 atom stereocenters. The minimum atomic E-state index is -5.69. The predicted molar refractivity (Wildman–Crippen MR) is 56.5 cm³/mol. The van der Waals surface area contributed by atoms with Gasteiger partial charge in [-0.25, -0.2) is 0 Å². The lowest BCUT2D eigenvalue weighted by Gasteiger charge is -2.11. The molecular weight excluding hydrogens is 281 g/mol. The lowest BCUT2D eigenvalue weighted by atomic mass is 10.2. The van der Waals surface area contributed by atoms with Gasteiger partial charge in [0.1, 0.15) is 5.76 Å². The summed E-state index contributed by atoms with van der Waals surface area (Å²) in [5.74, 6) is -0.626. The molecule has 17 heavy (non-hydrogen) atoms. The van der Waals surface area contributed by atoms with E-state index in [1.165, 1.54) is 24.3 Å². The average molecular weight is 287 g/mol. The molecule has 0 heterocycles. The first kappa shape index (κ1) is 13.9. The third-order valence-electron chi connectivity index (χ3n) is 1.66. The number of rotatable bonds is 3. The summed E-state index contributed by atoms with van der Waals surface area (Å²) in [6.07, 6.45) is 0. The van der Waals surface area contributed by atoms with Gasteiger partial charge in [0, 0.05) is 10.6 Å². The molecule has 0 saturated carbocycles. The quantitative estimate of drug-likeness (QED) is 0.487. The third kappa shape index (κ3) is 3.37. The summed E-state index contributed by atoms with van der Waals surface area (Å²) in [6.45, 7) is 3.11. The molecule has 0 radical (unpaired) electrons. The van der Waals surface area contributed by atoms with Crippen LogP contribution < -0.4 is 0 Å². The van der Waals surface area contributed by atoms with Gasteiger partial charge in [-0.15, -0.1) is 0 Å². The Morgan fingerprint density at radius 2 is 1.71 bits per heavy atom. The number of benzene rings is 1. The Hall–Kier alpha value is -1.21. The van der Waals surface area contributed by atoms with E-state index in [0.29, 0.717) is 5.02 Å². The van der Waals surface area contributed by atoms with Crippen molar-refractivity contribution in [2.24, 2.45) is 0 Å².